The highest BCUT2D eigenvalue weighted by molar-refractivity contribution is 5.94. The molecule has 2 saturated carbocycles. The molecule has 3 heteroatoms. The molecule has 20 heavy (non-hydrogen) atoms. The molecule has 2 saturated heterocycles. The first-order valence-electron chi connectivity index (χ1n) is 7.85. The van der Waals surface area contributed by atoms with Gasteiger partial charge in [-0.3, -0.25) is 4.79 Å². The molecule has 0 radical (unpaired) electrons. The number of nitrogen functional groups attached to an aromatic ring is 1. The Morgan fingerprint density at radius 3 is 2.20 bits per heavy atom. The van der Waals surface area contributed by atoms with Gasteiger partial charge in [0.2, 0.25) is 0 Å². The fourth-order valence-corrected chi connectivity index (χ4v) is 4.82. The number of nitrogens with zero attached hydrogens (tertiary/aromatic N) is 1. The van der Waals surface area contributed by atoms with E-state index in [1.807, 2.05) is 24.3 Å². The third-order valence-corrected chi connectivity index (χ3v) is 5.52. The van der Waals surface area contributed by atoms with E-state index >= 15 is 0 Å². The van der Waals surface area contributed by atoms with E-state index < -0.39 is 0 Å². The van der Waals surface area contributed by atoms with Crippen molar-refractivity contribution in [2.45, 2.75) is 38.1 Å². The summed E-state index contributed by atoms with van der Waals surface area (Å²) in [6, 6.07) is 7.88. The molecule has 5 rings (SSSR count). The van der Waals surface area contributed by atoms with Gasteiger partial charge in [-0.05, 0) is 74.1 Å². The van der Waals surface area contributed by atoms with E-state index in [1.165, 1.54) is 32.1 Å². The highest BCUT2D eigenvalue weighted by atomic mass is 16.2. The minimum absolute atomic E-state index is 0.211. The Kier molecular flexibility index (Phi) is 2.76. The van der Waals surface area contributed by atoms with Crippen LogP contribution in [-0.2, 0) is 0 Å². The van der Waals surface area contributed by atoms with Crippen molar-refractivity contribution in [3.8, 4) is 0 Å². The number of benzene rings is 1. The fraction of sp³-hybridized carbons (Fsp3) is 0.588. The number of rotatable bonds is 1. The van der Waals surface area contributed by atoms with Crippen molar-refractivity contribution < 1.29 is 4.79 Å². The summed E-state index contributed by atoms with van der Waals surface area (Å²) in [7, 11) is 0. The Bertz CT molecular complexity index is 510. The van der Waals surface area contributed by atoms with E-state index in [4.69, 9.17) is 5.73 Å². The lowest BCUT2D eigenvalue weighted by Crippen LogP contribution is -2.42. The highest BCUT2D eigenvalue weighted by Crippen LogP contribution is 2.47. The van der Waals surface area contributed by atoms with Crippen LogP contribution in [0.25, 0.3) is 0 Å². The van der Waals surface area contributed by atoms with E-state index in [1.54, 1.807) is 0 Å². The monoisotopic (exact) mass is 270 g/mol. The summed E-state index contributed by atoms with van der Waals surface area (Å²) in [5.41, 5.74) is 7.23. The van der Waals surface area contributed by atoms with E-state index in [9.17, 15) is 4.79 Å². The number of fused-ring (bicyclic) bond motifs is 1. The van der Waals surface area contributed by atoms with Gasteiger partial charge in [0.05, 0.1) is 0 Å². The molecule has 1 aromatic carbocycles. The molecule has 2 aliphatic carbocycles. The minimum Gasteiger partial charge on any atom is -0.399 e. The van der Waals surface area contributed by atoms with Gasteiger partial charge in [0.25, 0.3) is 5.91 Å². The maximum atomic E-state index is 12.8. The Labute approximate surface area is 120 Å². The lowest BCUT2D eigenvalue weighted by molar-refractivity contribution is 0.0633. The molecule has 2 aliphatic heterocycles. The molecule has 2 unspecified atom stereocenters. The molecule has 4 atom stereocenters. The molecule has 1 aromatic rings. The van der Waals surface area contributed by atoms with Gasteiger partial charge in [0, 0.05) is 23.8 Å². The fourth-order valence-electron chi connectivity index (χ4n) is 4.82. The van der Waals surface area contributed by atoms with Crippen molar-refractivity contribution in [3.05, 3.63) is 29.8 Å². The van der Waals surface area contributed by atoms with Crippen LogP contribution in [-0.4, -0.2) is 23.4 Å². The number of hydrogen-bond donors (Lipinski definition) is 1. The van der Waals surface area contributed by atoms with Crippen LogP contribution < -0.4 is 5.73 Å². The number of carbonyl (C=O) groups excluding carboxylic acids is 1. The van der Waals surface area contributed by atoms with Crippen LogP contribution in [0.5, 0.6) is 0 Å². The van der Waals surface area contributed by atoms with E-state index in [0.29, 0.717) is 6.04 Å². The van der Waals surface area contributed by atoms with Crippen molar-refractivity contribution in [2.24, 2.45) is 17.8 Å². The molecule has 4 fully saturated rings. The van der Waals surface area contributed by atoms with E-state index in [0.717, 1.165) is 35.5 Å². The molecular weight excluding hydrogens is 248 g/mol. The number of amides is 1. The predicted molar refractivity (Wildman–Crippen MR) is 79.2 cm³/mol. The zero-order valence-electron chi connectivity index (χ0n) is 11.8. The van der Waals surface area contributed by atoms with E-state index in [2.05, 4.69) is 4.90 Å². The molecule has 3 nitrogen and oxygen atoms in total. The van der Waals surface area contributed by atoms with Crippen LogP contribution in [0.1, 0.15) is 42.5 Å². The summed E-state index contributed by atoms with van der Waals surface area (Å²) in [5.74, 6) is 2.70. The number of hydrogen-bond acceptors (Lipinski definition) is 2. The SMILES string of the molecule is Nc1ccc(C(=O)N2CC3C[C@@H]4CC2C[C@H](C3)C4)cc1. The third-order valence-electron chi connectivity index (χ3n) is 5.52. The largest absolute Gasteiger partial charge is 0.399 e. The molecule has 2 heterocycles. The van der Waals surface area contributed by atoms with Crippen molar-refractivity contribution in [1.82, 2.24) is 4.90 Å². The Balaban J connectivity index is 1.61. The van der Waals surface area contributed by atoms with Gasteiger partial charge in [-0.2, -0.15) is 0 Å². The van der Waals surface area contributed by atoms with Gasteiger partial charge in [-0.15, -0.1) is 0 Å². The lowest BCUT2D eigenvalue weighted by Gasteiger charge is -2.39. The topological polar surface area (TPSA) is 46.3 Å². The maximum Gasteiger partial charge on any atom is 0.254 e. The van der Waals surface area contributed by atoms with Gasteiger partial charge in [0.1, 0.15) is 0 Å². The van der Waals surface area contributed by atoms with Crippen LogP contribution in [0, 0.1) is 17.8 Å². The molecule has 106 valence electrons. The molecule has 1 amide bonds. The molecule has 0 spiro atoms. The van der Waals surface area contributed by atoms with Gasteiger partial charge >= 0.3 is 0 Å². The lowest BCUT2D eigenvalue weighted by atomic mass is 9.68. The zero-order chi connectivity index (χ0) is 13.7. The molecule has 4 aliphatic rings. The summed E-state index contributed by atoms with van der Waals surface area (Å²) in [5, 5.41) is 0. The summed E-state index contributed by atoms with van der Waals surface area (Å²) in [4.78, 5) is 15.0. The van der Waals surface area contributed by atoms with Crippen molar-refractivity contribution in [2.75, 3.05) is 12.3 Å². The second-order valence-corrected chi connectivity index (χ2v) is 7.01. The Morgan fingerprint density at radius 2 is 1.55 bits per heavy atom. The third kappa shape index (κ3) is 2.00. The van der Waals surface area contributed by atoms with Crippen molar-refractivity contribution >= 4 is 11.6 Å². The van der Waals surface area contributed by atoms with Crippen LogP contribution in [0.15, 0.2) is 24.3 Å². The summed E-state index contributed by atoms with van der Waals surface area (Å²) in [6.07, 6.45) is 6.56. The normalized spacial score (nSPS) is 35.1. The van der Waals surface area contributed by atoms with E-state index in [-0.39, 0.29) is 5.91 Å². The Hall–Kier alpha value is -1.51. The van der Waals surface area contributed by atoms with Gasteiger partial charge in [0.15, 0.2) is 0 Å². The highest BCUT2D eigenvalue weighted by Gasteiger charge is 2.44. The van der Waals surface area contributed by atoms with Crippen molar-refractivity contribution in [1.29, 1.82) is 0 Å². The average Bonchev–Trinajstić information content (AvgIpc) is 2.63. The van der Waals surface area contributed by atoms with Crippen LogP contribution in [0.2, 0.25) is 0 Å². The summed E-state index contributed by atoms with van der Waals surface area (Å²) in [6.45, 7) is 0.973. The number of carbonyl (C=O) groups is 1. The quantitative estimate of drug-likeness (QED) is 0.798. The van der Waals surface area contributed by atoms with Gasteiger partial charge in [-0.25, -0.2) is 0 Å². The minimum atomic E-state index is 0.211. The summed E-state index contributed by atoms with van der Waals surface area (Å²) >= 11 is 0. The molecular formula is C17H22N2O. The van der Waals surface area contributed by atoms with Crippen molar-refractivity contribution in [3.63, 3.8) is 0 Å². The van der Waals surface area contributed by atoms with Crippen LogP contribution in [0.3, 0.4) is 0 Å². The van der Waals surface area contributed by atoms with Crippen LogP contribution in [0.4, 0.5) is 5.69 Å². The summed E-state index contributed by atoms with van der Waals surface area (Å²) < 4.78 is 0. The second-order valence-electron chi connectivity index (χ2n) is 7.01. The smallest absolute Gasteiger partial charge is 0.254 e. The molecule has 0 aromatic heterocycles. The first-order chi connectivity index (χ1) is 9.69. The molecule has 4 bridgehead atoms. The zero-order valence-corrected chi connectivity index (χ0v) is 11.8. The molecule has 2 N–H and O–H groups in total. The first kappa shape index (κ1) is 12.2. The van der Waals surface area contributed by atoms with Gasteiger partial charge in [-0.1, -0.05) is 0 Å². The average molecular weight is 270 g/mol. The standard InChI is InChI=1S/C17H22N2O/c18-15-3-1-14(2-4-15)17(20)19-10-13-6-11-5-12(7-13)9-16(19)8-11/h1-4,11-13,16H,5-10,18H2/t11-,12+,13?,16?. The number of anilines is 1. The first-order valence-corrected chi connectivity index (χ1v) is 7.85. The number of nitrogens with two attached hydrogens (primary N) is 1. The predicted octanol–water partition coefficient (Wildman–Crippen LogP) is 2.92. The maximum absolute atomic E-state index is 12.8. The second kappa shape index (κ2) is 4.51. The van der Waals surface area contributed by atoms with Gasteiger partial charge < -0.3 is 10.6 Å². The Morgan fingerprint density at radius 1 is 0.950 bits per heavy atom. The van der Waals surface area contributed by atoms with Crippen LogP contribution >= 0.6 is 0 Å².